The summed E-state index contributed by atoms with van der Waals surface area (Å²) in [5.41, 5.74) is 5.36. The Bertz CT molecular complexity index is 1450. The lowest BCUT2D eigenvalue weighted by Crippen LogP contribution is -2.27. The van der Waals surface area contributed by atoms with Gasteiger partial charge in [0, 0.05) is 56.5 Å². The van der Waals surface area contributed by atoms with E-state index in [0.717, 1.165) is 39.9 Å². The lowest BCUT2D eigenvalue weighted by molar-refractivity contribution is -0.110. The van der Waals surface area contributed by atoms with E-state index in [1.807, 2.05) is 25.1 Å². The Morgan fingerprint density at radius 3 is 2.68 bits per heavy atom. The number of hydrogen-bond donors (Lipinski definition) is 5. The van der Waals surface area contributed by atoms with Crippen LogP contribution >= 0.6 is 35.2 Å². The molecule has 0 atom stereocenters. The Labute approximate surface area is 254 Å². The molecule has 5 N–H and O–H groups in total. The number of rotatable bonds is 10. The van der Waals surface area contributed by atoms with Gasteiger partial charge in [0.2, 0.25) is 0 Å². The molecule has 1 aromatic heterocycles. The Morgan fingerprint density at radius 2 is 2.02 bits per heavy atom. The van der Waals surface area contributed by atoms with Crippen LogP contribution in [0.15, 0.2) is 41.3 Å². The second-order valence-corrected chi connectivity index (χ2v) is 11.4. The van der Waals surface area contributed by atoms with E-state index in [2.05, 4.69) is 27.9 Å². The SMILES string of the molecule is CCNC1CC1.Cc1[nH]c(/C=C2\C(=O)Nc3ccc(SCc4c(Cl)cccc4OCl)cc32)c(C)c1C(=O)NCCO. The molecular weight excluding hydrogens is 583 g/mol. The first-order chi connectivity index (χ1) is 19.8. The predicted octanol–water partition coefficient (Wildman–Crippen LogP) is 6.08. The fourth-order valence-corrected chi connectivity index (χ4v) is 5.98. The van der Waals surface area contributed by atoms with E-state index in [4.69, 9.17) is 32.9 Å². The predicted molar refractivity (Wildman–Crippen MR) is 167 cm³/mol. The molecule has 1 saturated carbocycles. The van der Waals surface area contributed by atoms with Gasteiger partial charge in [-0.15, -0.1) is 11.8 Å². The molecule has 2 amide bonds. The van der Waals surface area contributed by atoms with Gasteiger partial charge >= 0.3 is 0 Å². The van der Waals surface area contributed by atoms with Gasteiger partial charge in [-0.3, -0.25) is 9.59 Å². The third kappa shape index (κ3) is 7.67. The molecule has 1 aliphatic heterocycles. The van der Waals surface area contributed by atoms with Crippen molar-refractivity contribution in [1.82, 2.24) is 15.6 Å². The van der Waals surface area contributed by atoms with Gasteiger partial charge in [-0.05, 0) is 75.2 Å². The first kappa shape index (κ1) is 31.0. The van der Waals surface area contributed by atoms with E-state index in [-0.39, 0.29) is 25.0 Å². The molecule has 1 fully saturated rings. The summed E-state index contributed by atoms with van der Waals surface area (Å²) >= 11 is 13.4. The number of aromatic nitrogens is 1. The molecule has 3 aromatic rings. The Morgan fingerprint density at radius 1 is 1.24 bits per heavy atom. The molecule has 218 valence electrons. The number of aromatic amines is 1. The summed E-state index contributed by atoms with van der Waals surface area (Å²) in [6.45, 7) is 6.95. The fraction of sp³-hybridized carbons (Fsp3) is 0.333. The monoisotopic (exact) mass is 616 g/mol. The number of benzene rings is 2. The number of hydrogen-bond acceptors (Lipinski definition) is 6. The van der Waals surface area contributed by atoms with Gasteiger partial charge < -0.3 is 30.3 Å². The van der Waals surface area contributed by atoms with Crippen LogP contribution in [0.3, 0.4) is 0 Å². The first-order valence-corrected chi connectivity index (χ1v) is 15.1. The number of aliphatic hydroxyl groups is 1. The number of thioether (sulfide) groups is 1. The maximum absolute atomic E-state index is 12.8. The summed E-state index contributed by atoms with van der Waals surface area (Å²) < 4.78 is 4.91. The van der Waals surface area contributed by atoms with Crippen molar-refractivity contribution in [1.29, 1.82) is 0 Å². The van der Waals surface area contributed by atoms with Crippen LogP contribution in [-0.2, 0) is 10.5 Å². The van der Waals surface area contributed by atoms with Gasteiger partial charge in [0.15, 0.2) is 5.75 Å². The van der Waals surface area contributed by atoms with Crippen molar-refractivity contribution in [2.45, 2.75) is 50.3 Å². The number of carbonyl (C=O) groups is 2. The lowest BCUT2D eigenvalue weighted by Gasteiger charge is -2.09. The van der Waals surface area contributed by atoms with Crippen molar-refractivity contribution < 1.29 is 19.0 Å². The lowest BCUT2D eigenvalue weighted by atomic mass is 10.0. The maximum atomic E-state index is 12.8. The van der Waals surface area contributed by atoms with Gasteiger partial charge in [-0.25, -0.2) is 0 Å². The quantitative estimate of drug-likeness (QED) is 0.139. The zero-order valence-corrected chi connectivity index (χ0v) is 25.5. The van der Waals surface area contributed by atoms with Crippen molar-refractivity contribution in [3.63, 3.8) is 0 Å². The van der Waals surface area contributed by atoms with E-state index in [1.165, 1.54) is 12.8 Å². The number of nitrogens with one attached hydrogen (secondary N) is 4. The molecule has 0 spiro atoms. The zero-order valence-electron chi connectivity index (χ0n) is 23.2. The van der Waals surface area contributed by atoms with Gasteiger partial charge in [-0.1, -0.05) is 24.6 Å². The third-order valence-electron chi connectivity index (χ3n) is 6.78. The molecule has 41 heavy (non-hydrogen) atoms. The summed E-state index contributed by atoms with van der Waals surface area (Å²) in [7, 11) is 0. The highest BCUT2D eigenvalue weighted by atomic mass is 35.5. The topological polar surface area (TPSA) is 115 Å². The summed E-state index contributed by atoms with van der Waals surface area (Å²) in [6.07, 6.45) is 4.58. The minimum Gasteiger partial charge on any atom is -0.395 e. The maximum Gasteiger partial charge on any atom is 0.256 e. The van der Waals surface area contributed by atoms with Crippen LogP contribution in [0.25, 0.3) is 11.6 Å². The fourth-order valence-electron chi connectivity index (χ4n) is 4.54. The molecule has 2 aromatic carbocycles. The summed E-state index contributed by atoms with van der Waals surface area (Å²) in [5.74, 6) is 0.540. The van der Waals surface area contributed by atoms with E-state index in [1.54, 1.807) is 43.0 Å². The molecule has 11 heteroatoms. The highest BCUT2D eigenvalue weighted by molar-refractivity contribution is 7.98. The van der Waals surface area contributed by atoms with Crippen LogP contribution in [0.1, 0.15) is 58.2 Å². The summed E-state index contributed by atoms with van der Waals surface area (Å²) in [5, 5.41) is 18.4. The van der Waals surface area contributed by atoms with E-state index in [0.29, 0.717) is 39.0 Å². The van der Waals surface area contributed by atoms with Crippen molar-refractivity contribution in [3.8, 4) is 5.75 Å². The van der Waals surface area contributed by atoms with Crippen LogP contribution in [0, 0.1) is 13.8 Å². The van der Waals surface area contributed by atoms with E-state index >= 15 is 0 Å². The molecule has 2 aliphatic rings. The number of anilines is 1. The van der Waals surface area contributed by atoms with Crippen molar-refractivity contribution in [3.05, 3.63) is 75.1 Å². The van der Waals surface area contributed by atoms with Gasteiger partial charge in [0.1, 0.15) is 11.9 Å². The molecule has 0 unspecified atom stereocenters. The average molecular weight is 618 g/mol. The second kappa shape index (κ2) is 14.3. The molecule has 2 heterocycles. The van der Waals surface area contributed by atoms with Crippen LogP contribution in [0.2, 0.25) is 5.02 Å². The average Bonchev–Trinajstić information content (AvgIpc) is 3.66. The molecule has 5 rings (SSSR count). The Kier molecular flexibility index (Phi) is 10.8. The molecule has 0 saturated heterocycles. The number of aliphatic hydroxyl groups excluding tert-OH is 1. The minimum atomic E-state index is -0.273. The highest BCUT2D eigenvalue weighted by Gasteiger charge is 2.26. The second-order valence-electron chi connectivity index (χ2n) is 9.78. The van der Waals surface area contributed by atoms with Crippen LogP contribution in [0.5, 0.6) is 5.75 Å². The van der Waals surface area contributed by atoms with Gasteiger partial charge in [-0.2, -0.15) is 0 Å². The largest absolute Gasteiger partial charge is 0.395 e. The number of amides is 2. The number of halogens is 2. The highest BCUT2D eigenvalue weighted by Crippen LogP contribution is 2.39. The van der Waals surface area contributed by atoms with Gasteiger partial charge in [0.25, 0.3) is 11.8 Å². The normalized spacial score (nSPS) is 14.8. The summed E-state index contributed by atoms with van der Waals surface area (Å²) in [6, 6.07) is 11.9. The Hall–Kier alpha value is -2.95. The third-order valence-corrected chi connectivity index (χ3v) is 8.32. The van der Waals surface area contributed by atoms with Crippen LogP contribution in [0.4, 0.5) is 5.69 Å². The number of H-pyrrole nitrogens is 1. The molecule has 0 radical (unpaired) electrons. The number of fused-ring (bicyclic) bond motifs is 1. The molecule has 8 nitrogen and oxygen atoms in total. The first-order valence-electron chi connectivity index (χ1n) is 13.4. The number of carbonyl (C=O) groups excluding carboxylic acids is 2. The van der Waals surface area contributed by atoms with Crippen LogP contribution < -0.4 is 20.2 Å². The zero-order chi connectivity index (χ0) is 29.5. The smallest absolute Gasteiger partial charge is 0.256 e. The molecule has 0 bridgehead atoms. The standard InChI is InChI=1S/C25H23Cl2N3O4S.C5H11N/c1-13-21(29-14(2)23(13)25(33)28-8-9-31)11-17-16-10-15(6-7-20(16)30-24(17)32)35-12-18-19(26)4-3-5-22(18)34-27;1-2-6-5-3-4-5/h3-7,10-11,29,31H,8-9,12H2,1-2H3,(H,28,33)(H,30,32);5-6H,2-4H2,1H3/b17-11-;. The van der Waals surface area contributed by atoms with Crippen molar-refractivity contribution in [2.75, 3.05) is 25.0 Å². The van der Waals surface area contributed by atoms with E-state index in [9.17, 15) is 9.59 Å². The number of aryl methyl sites for hydroxylation is 1. The molecular formula is C30H34Cl2N4O4S. The Balaban J connectivity index is 0.000000572. The van der Waals surface area contributed by atoms with Crippen LogP contribution in [-0.4, -0.2) is 47.6 Å². The van der Waals surface area contributed by atoms with Gasteiger partial charge in [0.05, 0.1) is 17.7 Å². The molecule has 1 aliphatic carbocycles. The van der Waals surface area contributed by atoms with Crippen molar-refractivity contribution in [2.24, 2.45) is 0 Å². The van der Waals surface area contributed by atoms with E-state index < -0.39 is 0 Å². The summed E-state index contributed by atoms with van der Waals surface area (Å²) in [4.78, 5) is 29.4. The van der Waals surface area contributed by atoms with Crippen molar-refractivity contribution >= 4 is 64.4 Å². The minimum absolute atomic E-state index is 0.140.